The molecule has 208 valence electrons. The molecule has 0 saturated heterocycles. The van der Waals surface area contributed by atoms with Gasteiger partial charge < -0.3 is 5.32 Å². The third-order valence-corrected chi connectivity index (χ3v) is 10.3. The molecule has 40 heavy (non-hydrogen) atoms. The topological polar surface area (TPSA) is 12.0 Å². The number of fused-ring (bicyclic) bond motifs is 3. The van der Waals surface area contributed by atoms with Crippen LogP contribution in [0.5, 0.6) is 0 Å². The van der Waals surface area contributed by atoms with Gasteiger partial charge in [0.2, 0.25) is 0 Å². The maximum absolute atomic E-state index is 3.85. The second-order valence-electron chi connectivity index (χ2n) is 13.3. The highest BCUT2D eigenvalue weighted by Gasteiger charge is 2.47. The summed E-state index contributed by atoms with van der Waals surface area (Å²) in [5.74, 6) is 1.97. The second-order valence-corrected chi connectivity index (χ2v) is 13.3. The fourth-order valence-corrected chi connectivity index (χ4v) is 7.73. The van der Waals surface area contributed by atoms with Gasteiger partial charge in [0.05, 0.1) is 0 Å². The van der Waals surface area contributed by atoms with Gasteiger partial charge in [-0.3, -0.25) is 0 Å². The Bertz CT molecular complexity index is 1470. The molecule has 1 heteroatoms. The molecule has 0 saturated carbocycles. The van der Waals surface area contributed by atoms with E-state index >= 15 is 0 Å². The van der Waals surface area contributed by atoms with Crippen molar-refractivity contribution in [3.8, 4) is 22.3 Å². The minimum Gasteiger partial charge on any atom is -0.356 e. The van der Waals surface area contributed by atoms with Crippen LogP contribution in [0, 0.1) is 23.7 Å². The minimum absolute atomic E-state index is 0.000197. The molecule has 0 atom stereocenters. The maximum Gasteiger partial charge on any atom is 0.0387 e. The first-order chi connectivity index (χ1) is 19.0. The van der Waals surface area contributed by atoms with Gasteiger partial charge in [-0.15, -0.1) is 0 Å². The molecule has 5 rings (SSSR count). The van der Waals surface area contributed by atoms with Gasteiger partial charge in [0, 0.05) is 16.8 Å². The van der Waals surface area contributed by atoms with Crippen molar-refractivity contribution in [1.82, 2.24) is 0 Å². The molecule has 0 radical (unpaired) electrons. The number of anilines is 2. The van der Waals surface area contributed by atoms with Gasteiger partial charge in [0.25, 0.3) is 0 Å². The summed E-state index contributed by atoms with van der Waals surface area (Å²) < 4.78 is 0. The highest BCUT2D eigenvalue weighted by atomic mass is 14.9. The van der Waals surface area contributed by atoms with E-state index in [0.29, 0.717) is 23.7 Å². The Kier molecular flexibility index (Phi) is 7.47. The molecule has 1 aliphatic carbocycles. The molecular formula is C39H47N. The van der Waals surface area contributed by atoms with Gasteiger partial charge in [-0.05, 0) is 92.3 Å². The number of benzene rings is 4. The summed E-state index contributed by atoms with van der Waals surface area (Å²) in [7, 11) is 0. The average molecular weight is 530 g/mol. The Morgan fingerprint density at radius 3 is 1.68 bits per heavy atom. The van der Waals surface area contributed by atoms with E-state index in [9.17, 15) is 0 Å². The minimum atomic E-state index is -0.000197. The average Bonchev–Trinajstić information content (AvgIpc) is 3.23. The van der Waals surface area contributed by atoms with E-state index in [-0.39, 0.29) is 10.8 Å². The van der Waals surface area contributed by atoms with E-state index in [1.807, 2.05) is 0 Å². The van der Waals surface area contributed by atoms with E-state index in [1.54, 1.807) is 0 Å². The van der Waals surface area contributed by atoms with Crippen LogP contribution < -0.4 is 5.32 Å². The van der Waals surface area contributed by atoms with Crippen molar-refractivity contribution in [2.45, 2.75) is 73.1 Å². The fourth-order valence-electron chi connectivity index (χ4n) is 7.73. The molecule has 0 heterocycles. The zero-order chi connectivity index (χ0) is 28.8. The van der Waals surface area contributed by atoms with Crippen LogP contribution in [0.3, 0.4) is 0 Å². The normalized spacial score (nSPS) is 14.2. The van der Waals surface area contributed by atoms with E-state index in [0.717, 1.165) is 11.4 Å². The molecule has 4 aromatic carbocycles. The summed E-state index contributed by atoms with van der Waals surface area (Å²) in [5, 5.41) is 3.85. The molecule has 0 aliphatic heterocycles. The summed E-state index contributed by atoms with van der Waals surface area (Å²) in [6, 6.07) is 34.0. The van der Waals surface area contributed by atoms with Crippen molar-refractivity contribution < 1.29 is 0 Å². The molecular weight excluding hydrogens is 482 g/mol. The molecule has 0 amide bonds. The highest BCUT2D eigenvalue weighted by molar-refractivity contribution is 5.84. The van der Waals surface area contributed by atoms with E-state index in [1.165, 1.54) is 38.9 Å². The Labute approximate surface area is 243 Å². The molecule has 4 aromatic rings. The van der Waals surface area contributed by atoms with Crippen LogP contribution in [0.2, 0.25) is 0 Å². The van der Waals surface area contributed by atoms with Crippen LogP contribution in [0.15, 0.2) is 91.0 Å². The molecule has 0 bridgehead atoms. The summed E-state index contributed by atoms with van der Waals surface area (Å²) in [6.07, 6.45) is 0. The van der Waals surface area contributed by atoms with Crippen LogP contribution >= 0.6 is 0 Å². The molecule has 0 aromatic heterocycles. The molecule has 0 fully saturated rings. The first-order valence-corrected chi connectivity index (χ1v) is 15.2. The summed E-state index contributed by atoms with van der Waals surface area (Å²) >= 11 is 0. The highest BCUT2D eigenvalue weighted by Crippen LogP contribution is 2.57. The smallest absolute Gasteiger partial charge is 0.0387 e. The van der Waals surface area contributed by atoms with Crippen LogP contribution in [0.4, 0.5) is 11.4 Å². The Morgan fingerprint density at radius 2 is 1.07 bits per heavy atom. The summed E-state index contributed by atoms with van der Waals surface area (Å²) in [5.41, 5.74) is 12.1. The van der Waals surface area contributed by atoms with E-state index in [4.69, 9.17) is 0 Å². The monoisotopic (exact) mass is 529 g/mol. The number of hydrogen-bond acceptors (Lipinski definition) is 1. The lowest BCUT2D eigenvalue weighted by molar-refractivity contribution is 0.245. The van der Waals surface area contributed by atoms with Crippen LogP contribution in [-0.4, -0.2) is 0 Å². The number of hydrogen-bond donors (Lipinski definition) is 1. The predicted molar refractivity (Wildman–Crippen MR) is 175 cm³/mol. The SMILES string of the molecule is CC(C)C(C)(c1cc(Nc2ccc3c(c2)C(C(C)C)(C(C)C)c2ccccc2-3)ccc1-c1ccccc1)C(C)C. The van der Waals surface area contributed by atoms with Crippen molar-refractivity contribution >= 4 is 11.4 Å². The lowest BCUT2D eigenvalue weighted by Gasteiger charge is -2.40. The van der Waals surface area contributed by atoms with Crippen molar-refractivity contribution in [2.24, 2.45) is 23.7 Å². The summed E-state index contributed by atoms with van der Waals surface area (Å²) in [6.45, 7) is 21.5. The Hall–Kier alpha value is -3.32. The quantitative estimate of drug-likeness (QED) is 0.239. The molecule has 1 N–H and O–H groups in total. The van der Waals surface area contributed by atoms with Crippen LogP contribution in [0.1, 0.15) is 79.0 Å². The van der Waals surface area contributed by atoms with E-state index < -0.39 is 0 Å². The first kappa shape index (κ1) is 28.2. The largest absolute Gasteiger partial charge is 0.356 e. The third kappa shape index (κ3) is 4.30. The Morgan fingerprint density at radius 1 is 0.550 bits per heavy atom. The van der Waals surface area contributed by atoms with Crippen LogP contribution in [0.25, 0.3) is 22.3 Å². The van der Waals surface area contributed by atoms with Gasteiger partial charge in [-0.25, -0.2) is 0 Å². The number of rotatable bonds is 8. The lowest BCUT2D eigenvalue weighted by atomic mass is 9.63. The van der Waals surface area contributed by atoms with Crippen LogP contribution in [-0.2, 0) is 10.8 Å². The lowest BCUT2D eigenvalue weighted by Crippen LogP contribution is -2.37. The molecule has 1 aliphatic rings. The van der Waals surface area contributed by atoms with Crippen molar-refractivity contribution in [2.75, 3.05) is 5.32 Å². The predicted octanol–water partition coefficient (Wildman–Crippen LogP) is 11.2. The first-order valence-electron chi connectivity index (χ1n) is 15.2. The van der Waals surface area contributed by atoms with Gasteiger partial charge in [-0.2, -0.15) is 0 Å². The summed E-state index contributed by atoms with van der Waals surface area (Å²) in [4.78, 5) is 0. The fraction of sp³-hybridized carbons (Fsp3) is 0.385. The van der Waals surface area contributed by atoms with Crippen molar-refractivity contribution in [3.05, 3.63) is 108 Å². The number of nitrogens with one attached hydrogen (secondary N) is 1. The zero-order valence-corrected chi connectivity index (χ0v) is 26.0. The van der Waals surface area contributed by atoms with Crippen molar-refractivity contribution in [1.29, 1.82) is 0 Å². The molecule has 0 spiro atoms. The third-order valence-electron chi connectivity index (χ3n) is 10.3. The van der Waals surface area contributed by atoms with E-state index in [2.05, 4.69) is 159 Å². The van der Waals surface area contributed by atoms with Crippen molar-refractivity contribution in [3.63, 3.8) is 0 Å². The van der Waals surface area contributed by atoms with Gasteiger partial charge in [0.1, 0.15) is 0 Å². The molecule has 0 unspecified atom stereocenters. The second kappa shape index (κ2) is 10.6. The van der Waals surface area contributed by atoms with Gasteiger partial charge in [0.15, 0.2) is 0 Å². The maximum atomic E-state index is 3.85. The zero-order valence-electron chi connectivity index (χ0n) is 26.0. The molecule has 1 nitrogen and oxygen atoms in total. The van der Waals surface area contributed by atoms with Gasteiger partial charge >= 0.3 is 0 Å². The Balaban J connectivity index is 1.63. The standard InChI is InChI=1S/C39H47N/c1-25(2)38(9,26(3)4)36-23-30(19-21-32(36)29-15-11-10-12-16-29)40-31-20-22-34-33-17-13-14-18-35(33)39(27(5)6,28(7)8)37(34)24-31/h10-28,40H,1-9H3. The van der Waals surface area contributed by atoms with Gasteiger partial charge in [-0.1, -0.05) is 129 Å².